The summed E-state index contributed by atoms with van der Waals surface area (Å²) in [6.45, 7) is 1.56. The van der Waals surface area contributed by atoms with Crippen LogP contribution in [0.5, 0.6) is 0 Å². The first kappa shape index (κ1) is 18.7. The van der Waals surface area contributed by atoms with E-state index in [1.165, 1.54) is 18.3 Å². The van der Waals surface area contributed by atoms with Crippen LogP contribution in [0.3, 0.4) is 0 Å². The lowest BCUT2D eigenvalue weighted by atomic mass is 10.2. The minimum Gasteiger partial charge on any atom is -0.369 e. The molecule has 0 aliphatic rings. The molecule has 0 bridgehead atoms. The number of nitrogens with zero attached hydrogens (tertiary/aromatic N) is 2. The maximum atomic E-state index is 12.5. The van der Waals surface area contributed by atoms with Crippen molar-refractivity contribution < 1.29 is 18.0 Å². The number of aromatic nitrogens is 1. The highest BCUT2D eigenvalue weighted by atomic mass is 19.4. The lowest BCUT2D eigenvalue weighted by molar-refractivity contribution is -0.137. The Morgan fingerprint density at radius 2 is 1.80 bits per heavy atom. The van der Waals surface area contributed by atoms with E-state index in [1.54, 1.807) is 12.1 Å². The van der Waals surface area contributed by atoms with Gasteiger partial charge in [0.2, 0.25) is 0 Å². The molecule has 0 radical (unpaired) electrons. The fraction of sp³-hybridized carbons (Fsp3) is 0.294. The van der Waals surface area contributed by atoms with E-state index in [0.717, 1.165) is 25.2 Å². The largest absolute Gasteiger partial charge is 0.416 e. The number of halogens is 3. The zero-order valence-corrected chi connectivity index (χ0v) is 13.9. The van der Waals surface area contributed by atoms with E-state index in [4.69, 9.17) is 0 Å². The number of carbonyl (C=O) groups is 1. The van der Waals surface area contributed by atoms with Crippen LogP contribution in [0.25, 0.3) is 0 Å². The van der Waals surface area contributed by atoms with Crippen LogP contribution in [-0.2, 0) is 6.18 Å². The Bertz CT molecular complexity index is 697. The van der Waals surface area contributed by atoms with Gasteiger partial charge in [-0.25, -0.2) is 4.98 Å². The summed E-state index contributed by atoms with van der Waals surface area (Å²) in [4.78, 5) is 18.3. The quantitative estimate of drug-likeness (QED) is 0.837. The maximum Gasteiger partial charge on any atom is 0.416 e. The molecule has 0 unspecified atom stereocenters. The van der Waals surface area contributed by atoms with Crippen LogP contribution in [-0.4, -0.2) is 43.0 Å². The second-order valence-electron chi connectivity index (χ2n) is 5.69. The fourth-order valence-corrected chi connectivity index (χ4v) is 1.99. The lowest BCUT2D eigenvalue weighted by Crippen LogP contribution is -2.21. The van der Waals surface area contributed by atoms with E-state index in [2.05, 4.69) is 15.6 Å². The van der Waals surface area contributed by atoms with E-state index in [0.29, 0.717) is 11.4 Å². The van der Waals surface area contributed by atoms with E-state index >= 15 is 0 Å². The van der Waals surface area contributed by atoms with Gasteiger partial charge < -0.3 is 15.5 Å². The smallest absolute Gasteiger partial charge is 0.369 e. The number of rotatable bonds is 6. The third kappa shape index (κ3) is 5.75. The number of anilines is 2. The van der Waals surface area contributed by atoms with Crippen molar-refractivity contribution in [2.45, 2.75) is 6.18 Å². The molecule has 134 valence electrons. The van der Waals surface area contributed by atoms with Crippen molar-refractivity contribution in [3.05, 3.63) is 53.7 Å². The van der Waals surface area contributed by atoms with Crippen LogP contribution in [0, 0.1) is 0 Å². The van der Waals surface area contributed by atoms with Gasteiger partial charge in [-0.15, -0.1) is 0 Å². The summed E-state index contributed by atoms with van der Waals surface area (Å²) in [5.74, 6) is 0.208. The highest BCUT2D eigenvalue weighted by Gasteiger charge is 2.29. The molecule has 2 N–H and O–H groups in total. The number of likely N-dealkylation sites (N-methyl/N-ethyl adjacent to an activating group) is 1. The minimum atomic E-state index is -4.40. The van der Waals surface area contributed by atoms with Gasteiger partial charge in [0.25, 0.3) is 5.91 Å². The van der Waals surface area contributed by atoms with Crippen molar-refractivity contribution in [3.63, 3.8) is 0 Å². The summed E-state index contributed by atoms with van der Waals surface area (Å²) in [5, 5.41) is 5.66. The van der Waals surface area contributed by atoms with E-state index in [-0.39, 0.29) is 5.69 Å². The fourth-order valence-electron chi connectivity index (χ4n) is 1.99. The predicted molar refractivity (Wildman–Crippen MR) is 90.7 cm³/mol. The average Bonchev–Trinajstić information content (AvgIpc) is 2.55. The molecule has 1 heterocycles. The van der Waals surface area contributed by atoms with Crippen molar-refractivity contribution in [3.8, 4) is 0 Å². The van der Waals surface area contributed by atoms with Crippen molar-refractivity contribution in [2.24, 2.45) is 0 Å². The lowest BCUT2D eigenvalue weighted by Gasteiger charge is -2.11. The molecule has 0 saturated carbocycles. The Kier molecular flexibility index (Phi) is 5.97. The Morgan fingerprint density at radius 3 is 2.32 bits per heavy atom. The van der Waals surface area contributed by atoms with Gasteiger partial charge in [0.1, 0.15) is 5.82 Å². The highest BCUT2D eigenvalue weighted by Crippen LogP contribution is 2.29. The molecule has 0 aliphatic heterocycles. The second-order valence-corrected chi connectivity index (χ2v) is 5.69. The van der Waals surface area contributed by atoms with Crippen molar-refractivity contribution in [1.82, 2.24) is 9.88 Å². The summed E-state index contributed by atoms with van der Waals surface area (Å²) in [7, 11) is 3.92. The third-order valence-electron chi connectivity index (χ3n) is 3.36. The molecule has 5 nitrogen and oxygen atoms in total. The molecule has 0 spiro atoms. The zero-order chi connectivity index (χ0) is 18.4. The minimum absolute atomic E-state index is 0.284. The molecule has 1 aromatic carbocycles. The van der Waals surface area contributed by atoms with Crippen LogP contribution >= 0.6 is 0 Å². The Labute approximate surface area is 143 Å². The van der Waals surface area contributed by atoms with Crippen molar-refractivity contribution >= 4 is 17.4 Å². The summed E-state index contributed by atoms with van der Waals surface area (Å²) in [6.07, 6.45) is -2.99. The monoisotopic (exact) mass is 352 g/mol. The number of alkyl halides is 3. The zero-order valence-electron chi connectivity index (χ0n) is 13.9. The van der Waals surface area contributed by atoms with Crippen LogP contribution < -0.4 is 10.6 Å². The molecule has 8 heteroatoms. The Morgan fingerprint density at radius 1 is 1.12 bits per heavy atom. The summed E-state index contributed by atoms with van der Waals surface area (Å²) >= 11 is 0. The van der Waals surface area contributed by atoms with Gasteiger partial charge >= 0.3 is 6.18 Å². The molecule has 0 fully saturated rings. The molecule has 0 aliphatic carbocycles. The maximum absolute atomic E-state index is 12.5. The molecule has 1 aromatic heterocycles. The number of benzene rings is 1. The first-order chi connectivity index (χ1) is 11.8. The number of nitrogens with one attached hydrogen (secondary N) is 2. The van der Waals surface area contributed by atoms with Crippen molar-refractivity contribution in [1.29, 1.82) is 0 Å². The van der Waals surface area contributed by atoms with Gasteiger partial charge in [0.05, 0.1) is 11.1 Å². The molecule has 1 amide bonds. The van der Waals surface area contributed by atoms with Gasteiger partial charge in [0.15, 0.2) is 0 Å². The summed E-state index contributed by atoms with van der Waals surface area (Å²) in [5.41, 5.74) is -0.162. The molecule has 2 rings (SSSR count). The van der Waals surface area contributed by atoms with E-state index in [1.807, 2.05) is 19.0 Å². The standard InChI is InChI=1S/C17H19F3N4O/c1-24(2)10-9-21-15-8-3-12(11-22-15)16(25)23-14-6-4-13(5-7-14)17(18,19)20/h3-8,11H,9-10H2,1-2H3,(H,21,22)(H,23,25). The molecular weight excluding hydrogens is 333 g/mol. The van der Waals surface area contributed by atoms with E-state index < -0.39 is 17.6 Å². The third-order valence-corrected chi connectivity index (χ3v) is 3.36. The predicted octanol–water partition coefficient (Wildman–Crippen LogP) is 3.33. The van der Waals surface area contributed by atoms with Gasteiger partial charge in [-0.3, -0.25) is 4.79 Å². The van der Waals surface area contributed by atoms with Gasteiger partial charge in [-0.2, -0.15) is 13.2 Å². The number of carbonyl (C=O) groups excluding carboxylic acids is 1. The number of amides is 1. The van der Waals surface area contributed by atoms with Crippen LogP contribution in [0.4, 0.5) is 24.7 Å². The topological polar surface area (TPSA) is 57.3 Å². The summed E-state index contributed by atoms with van der Waals surface area (Å²) in [6, 6.07) is 7.55. The normalized spacial score (nSPS) is 11.4. The number of hydrogen-bond donors (Lipinski definition) is 2. The molecule has 2 aromatic rings. The molecule has 25 heavy (non-hydrogen) atoms. The van der Waals surface area contributed by atoms with Gasteiger partial charge in [0, 0.05) is 25.0 Å². The summed E-state index contributed by atoms with van der Waals surface area (Å²) < 4.78 is 37.5. The van der Waals surface area contributed by atoms with Crippen LogP contribution in [0.15, 0.2) is 42.6 Å². The van der Waals surface area contributed by atoms with Crippen LogP contribution in [0.1, 0.15) is 15.9 Å². The SMILES string of the molecule is CN(C)CCNc1ccc(C(=O)Nc2ccc(C(F)(F)F)cc2)cn1. The van der Waals surface area contributed by atoms with Crippen molar-refractivity contribution in [2.75, 3.05) is 37.8 Å². The number of hydrogen-bond acceptors (Lipinski definition) is 4. The first-order valence-corrected chi connectivity index (χ1v) is 7.59. The Hall–Kier alpha value is -2.61. The van der Waals surface area contributed by atoms with E-state index in [9.17, 15) is 18.0 Å². The molecule has 0 saturated heterocycles. The van der Waals surface area contributed by atoms with Gasteiger partial charge in [-0.05, 0) is 50.5 Å². The number of pyridine rings is 1. The van der Waals surface area contributed by atoms with Gasteiger partial charge in [-0.1, -0.05) is 0 Å². The van der Waals surface area contributed by atoms with Crippen LogP contribution in [0.2, 0.25) is 0 Å². The molecular formula is C17H19F3N4O. The average molecular weight is 352 g/mol. The highest BCUT2D eigenvalue weighted by molar-refractivity contribution is 6.04. The molecule has 0 atom stereocenters. The second kappa shape index (κ2) is 7.98. The Balaban J connectivity index is 1.94. The first-order valence-electron chi connectivity index (χ1n) is 7.59.